The summed E-state index contributed by atoms with van der Waals surface area (Å²) in [6.45, 7) is 2.07. The van der Waals surface area contributed by atoms with E-state index in [0.29, 0.717) is 17.9 Å². The lowest BCUT2D eigenvalue weighted by Crippen LogP contribution is -2.12. The minimum absolute atomic E-state index is 0.166. The van der Waals surface area contributed by atoms with Gasteiger partial charge in [-0.25, -0.2) is 4.79 Å². The van der Waals surface area contributed by atoms with Crippen LogP contribution in [0.25, 0.3) is 28.0 Å². The molecule has 4 rings (SSSR count). The van der Waals surface area contributed by atoms with Crippen molar-refractivity contribution in [2.45, 2.75) is 6.92 Å². The standard InChI is InChI=1S/C28H23NO4/c1-2-33-27(31)14-13-19-7-5-10-23(15-19)29-28(32)26-18-22(20-9-6-11-24(30)17-20)16-21-8-3-4-12-25(21)26/h3-18,30H,2H2,1H3,(H,29,32)/b14-13+. The molecule has 2 N–H and O–H groups in total. The van der Waals surface area contributed by atoms with Crippen LogP contribution in [0.3, 0.4) is 0 Å². The summed E-state index contributed by atoms with van der Waals surface area (Å²) in [7, 11) is 0. The molecule has 1 amide bonds. The molecule has 0 saturated heterocycles. The fourth-order valence-corrected chi connectivity index (χ4v) is 3.62. The molecule has 0 radical (unpaired) electrons. The number of fused-ring (bicyclic) bond motifs is 1. The molecule has 0 heterocycles. The van der Waals surface area contributed by atoms with Crippen molar-refractivity contribution in [3.05, 3.63) is 102 Å². The number of hydrogen-bond donors (Lipinski definition) is 2. The van der Waals surface area contributed by atoms with Gasteiger partial charge in [0.15, 0.2) is 0 Å². The van der Waals surface area contributed by atoms with Gasteiger partial charge in [-0.3, -0.25) is 4.79 Å². The normalized spacial score (nSPS) is 10.9. The fourth-order valence-electron chi connectivity index (χ4n) is 3.62. The number of carbonyl (C=O) groups is 2. The number of ether oxygens (including phenoxy) is 1. The third-order valence-corrected chi connectivity index (χ3v) is 5.13. The number of phenolic OH excluding ortho intramolecular Hbond substituents is 1. The first-order valence-electron chi connectivity index (χ1n) is 10.6. The zero-order valence-corrected chi connectivity index (χ0v) is 18.1. The summed E-state index contributed by atoms with van der Waals surface area (Å²) in [6, 6.07) is 25.7. The number of phenols is 1. The van der Waals surface area contributed by atoms with Gasteiger partial charge >= 0.3 is 5.97 Å². The third-order valence-electron chi connectivity index (χ3n) is 5.13. The molecule has 164 valence electrons. The van der Waals surface area contributed by atoms with Crippen LogP contribution in [0.4, 0.5) is 5.69 Å². The van der Waals surface area contributed by atoms with E-state index in [4.69, 9.17) is 4.74 Å². The SMILES string of the molecule is CCOC(=O)/C=C/c1cccc(NC(=O)c2cc(-c3cccc(O)c3)cc3ccccc23)c1. The molecule has 0 fully saturated rings. The predicted molar refractivity (Wildman–Crippen MR) is 131 cm³/mol. The van der Waals surface area contributed by atoms with Gasteiger partial charge in [0.1, 0.15) is 5.75 Å². The molecule has 33 heavy (non-hydrogen) atoms. The second-order valence-corrected chi connectivity index (χ2v) is 7.46. The van der Waals surface area contributed by atoms with Crippen molar-refractivity contribution in [2.24, 2.45) is 0 Å². The van der Waals surface area contributed by atoms with Gasteiger partial charge in [-0.1, -0.05) is 48.5 Å². The van der Waals surface area contributed by atoms with Crippen LogP contribution in [0.2, 0.25) is 0 Å². The van der Waals surface area contributed by atoms with E-state index >= 15 is 0 Å². The summed E-state index contributed by atoms with van der Waals surface area (Å²) in [5.41, 5.74) is 3.55. The largest absolute Gasteiger partial charge is 0.508 e. The summed E-state index contributed by atoms with van der Waals surface area (Å²) in [6.07, 6.45) is 3.00. The van der Waals surface area contributed by atoms with Crippen molar-refractivity contribution in [3.8, 4) is 16.9 Å². The van der Waals surface area contributed by atoms with Crippen molar-refractivity contribution in [2.75, 3.05) is 11.9 Å². The zero-order valence-electron chi connectivity index (χ0n) is 18.1. The number of benzene rings is 4. The van der Waals surface area contributed by atoms with Crippen LogP contribution in [0, 0.1) is 0 Å². The maximum absolute atomic E-state index is 13.3. The van der Waals surface area contributed by atoms with Crippen molar-refractivity contribution < 1.29 is 19.4 Å². The second-order valence-electron chi connectivity index (χ2n) is 7.46. The third kappa shape index (κ3) is 5.28. The van der Waals surface area contributed by atoms with Crippen LogP contribution in [-0.2, 0) is 9.53 Å². The van der Waals surface area contributed by atoms with Crippen LogP contribution in [0.15, 0.2) is 91.0 Å². The van der Waals surface area contributed by atoms with Gasteiger partial charge < -0.3 is 15.2 Å². The maximum Gasteiger partial charge on any atom is 0.330 e. The number of amides is 1. The van der Waals surface area contributed by atoms with E-state index < -0.39 is 5.97 Å². The molecule has 0 spiro atoms. The van der Waals surface area contributed by atoms with E-state index in [1.165, 1.54) is 6.08 Å². The van der Waals surface area contributed by atoms with Gasteiger partial charge in [0.2, 0.25) is 0 Å². The highest BCUT2D eigenvalue weighted by Crippen LogP contribution is 2.30. The molecule has 4 aromatic rings. The van der Waals surface area contributed by atoms with Crippen LogP contribution in [-0.4, -0.2) is 23.6 Å². The Bertz CT molecular complexity index is 1360. The Kier molecular flexibility index (Phi) is 6.51. The molecular formula is C28H23NO4. The van der Waals surface area contributed by atoms with E-state index in [9.17, 15) is 14.7 Å². The first kappa shape index (κ1) is 21.8. The van der Waals surface area contributed by atoms with Gasteiger partial charge in [-0.15, -0.1) is 0 Å². The zero-order chi connectivity index (χ0) is 23.2. The lowest BCUT2D eigenvalue weighted by Gasteiger charge is -2.12. The van der Waals surface area contributed by atoms with Gasteiger partial charge in [0.25, 0.3) is 5.91 Å². The maximum atomic E-state index is 13.3. The minimum atomic E-state index is -0.415. The molecule has 0 aliphatic rings. The molecular weight excluding hydrogens is 414 g/mol. The van der Waals surface area contributed by atoms with Crippen molar-refractivity contribution >= 4 is 34.4 Å². The Labute approximate surface area is 192 Å². The quantitative estimate of drug-likeness (QED) is 0.285. The van der Waals surface area contributed by atoms with E-state index in [1.54, 1.807) is 43.3 Å². The average molecular weight is 437 g/mol. The monoisotopic (exact) mass is 437 g/mol. The van der Waals surface area contributed by atoms with Crippen molar-refractivity contribution in [3.63, 3.8) is 0 Å². The molecule has 5 heteroatoms. The smallest absolute Gasteiger partial charge is 0.330 e. The molecule has 0 bridgehead atoms. The Balaban J connectivity index is 1.66. The number of aromatic hydroxyl groups is 1. The fraction of sp³-hybridized carbons (Fsp3) is 0.0714. The second kappa shape index (κ2) is 9.83. The van der Waals surface area contributed by atoms with Gasteiger partial charge in [0, 0.05) is 17.3 Å². The number of anilines is 1. The topological polar surface area (TPSA) is 75.6 Å². The molecule has 0 atom stereocenters. The molecule has 5 nitrogen and oxygen atoms in total. The van der Waals surface area contributed by atoms with E-state index in [1.807, 2.05) is 54.6 Å². The summed E-state index contributed by atoms with van der Waals surface area (Å²) in [5.74, 6) is -0.499. The molecule has 0 saturated carbocycles. The van der Waals surface area contributed by atoms with E-state index in [0.717, 1.165) is 27.5 Å². The number of nitrogens with one attached hydrogen (secondary N) is 1. The number of carbonyl (C=O) groups excluding carboxylic acids is 2. The summed E-state index contributed by atoms with van der Waals surface area (Å²) in [4.78, 5) is 24.9. The molecule has 0 aromatic heterocycles. The number of esters is 1. The highest BCUT2D eigenvalue weighted by atomic mass is 16.5. The van der Waals surface area contributed by atoms with Gasteiger partial charge in [-0.2, -0.15) is 0 Å². The van der Waals surface area contributed by atoms with Crippen molar-refractivity contribution in [1.29, 1.82) is 0 Å². The summed E-state index contributed by atoms with van der Waals surface area (Å²) < 4.78 is 4.90. The molecule has 0 aliphatic heterocycles. The predicted octanol–water partition coefficient (Wildman–Crippen LogP) is 6.04. The molecule has 0 aliphatic carbocycles. The highest BCUT2D eigenvalue weighted by Gasteiger charge is 2.13. The Morgan fingerprint density at radius 3 is 2.55 bits per heavy atom. The molecule has 4 aromatic carbocycles. The van der Waals surface area contributed by atoms with Crippen molar-refractivity contribution in [1.82, 2.24) is 0 Å². The number of hydrogen-bond acceptors (Lipinski definition) is 4. The van der Waals surface area contributed by atoms with Crippen LogP contribution >= 0.6 is 0 Å². The summed E-state index contributed by atoms with van der Waals surface area (Å²) >= 11 is 0. The number of rotatable bonds is 6. The Morgan fingerprint density at radius 2 is 1.73 bits per heavy atom. The van der Waals surface area contributed by atoms with E-state index in [-0.39, 0.29) is 11.7 Å². The molecule has 0 unspecified atom stereocenters. The first-order chi connectivity index (χ1) is 16.0. The lowest BCUT2D eigenvalue weighted by atomic mass is 9.96. The summed E-state index contributed by atoms with van der Waals surface area (Å²) in [5, 5.41) is 14.6. The van der Waals surface area contributed by atoms with Crippen LogP contribution < -0.4 is 5.32 Å². The van der Waals surface area contributed by atoms with Gasteiger partial charge in [0.05, 0.1) is 6.61 Å². The Hall–Kier alpha value is -4.38. The lowest BCUT2D eigenvalue weighted by molar-refractivity contribution is -0.137. The average Bonchev–Trinajstić information content (AvgIpc) is 2.82. The Morgan fingerprint density at radius 1 is 0.909 bits per heavy atom. The van der Waals surface area contributed by atoms with Crippen LogP contribution in [0.1, 0.15) is 22.8 Å². The van der Waals surface area contributed by atoms with Gasteiger partial charge in [-0.05, 0) is 76.9 Å². The highest BCUT2D eigenvalue weighted by molar-refractivity contribution is 6.14. The first-order valence-corrected chi connectivity index (χ1v) is 10.6. The van der Waals surface area contributed by atoms with E-state index in [2.05, 4.69) is 5.32 Å². The minimum Gasteiger partial charge on any atom is -0.508 e. The van der Waals surface area contributed by atoms with Crippen LogP contribution in [0.5, 0.6) is 5.75 Å².